The van der Waals surface area contributed by atoms with E-state index < -0.39 is 0 Å². The minimum absolute atomic E-state index is 0.00412. The molecule has 0 aliphatic rings. The Kier molecular flexibility index (Phi) is 4.99. The first-order chi connectivity index (χ1) is 9.19. The summed E-state index contributed by atoms with van der Waals surface area (Å²) in [5.74, 6) is 0.00412. The number of benzene rings is 1. The van der Waals surface area contributed by atoms with Gasteiger partial charge in [-0.15, -0.1) is 11.3 Å². The van der Waals surface area contributed by atoms with Crippen LogP contribution in [0.2, 0.25) is 0 Å². The van der Waals surface area contributed by atoms with Gasteiger partial charge in [0.05, 0.1) is 5.25 Å². The van der Waals surface area contributed by atoms with Crippen molar-refractivity contribution in [2.45, 2.75) is 29.9 Å². The van der Waals surface area contributed by atoms with E-state index in [-0.39, 0.29) is 11.2 Å². The van der Waals surface area contributed by atoms with E-state index in [0.717, 1.165) is 16.4 Å². The minimum atomic E-state index is -0.156. The number of aromatic nitrogens is 1. The second-order valence-corrected chi connectivity index (χ2v) is 6.58. The number of carbonyl (C=O) groups is 1. The fourth-order valence-electron chi connectivity index (χ4n) is 1.54. The second-order valence-electron chi connectivity index (χ2n) is 4.10. The molecule has 1 atom stereocenters. The van der Waals surface area contributed by atoms with Crippen LogP contribution in [0.5, 0.6) is 0 Å². The first-order valence-corrected chi connectivity index (χ1v) is 7.91. The van der Waals surface area contributed by atoms with E-state index in [1.165, 1.54) is 17.3 Å². The van der Waals surface area contributed by atoms with Crippen molar-refractivity contribution in [3.05, 3.63) is 41.4 Å². The van der Waals surface area contributed by atoms with Crippen LogP contribution in [0.25, 0.3) is 0 Å². The summed E-state index contributed by atoms with van der Waals surface area (Å²) in [5, 5.41) is 4.68. The van der Waals surface area contributed by atoms with Gasteiger partial charge in [-0.25, -0.2) is 4.98 Å². The molecule has 0 saturated heterocycles. The normalized spacial score (nSPS) is 12.1. The number of carbonyl (C=O) groups excluding carboxylic acids is 1. The van der Waals surface area contributed by atoms with Gasteiger partial charge in [-0.2, -0.15) is 0 Å². The number of hydrogen-bond acceptors (Lipinski definition) is 4. The molecule has 0 radical (unpaired) electrons. The van der Waals surface area contributed by atoms with Gasteiger partial charge >= 0.3 is 0 Å². The molecule has 1 unspecified atom stereocenters. The second kappa shape index (κ2) is 6.73. The molecular weight excluding hydrogens is 276 g/mol. The first kappa shape index (κ1) is 14.1. The zero-order chi connectivity index (χ0) is 13.7. The summed E-state index contributed by atoms with van der Waals surface area (Å²) < 4.78 is 0.920. The Morgan fingerprint density at radius 2 is 2.16 bits per heavy atom. The molecule has 2 rings (SSSR count). The van der Waals surface area contributed by atoms with Crippen LogP contribution >= 0.6 is 23.1 Å². The molecule has 1 heterocycles. The first-order valence-electron chi connectivity index (χ1n) is 6.15. The zero-order valence-electron chi connectivity index (χ0n) is 10.9. The summed E-state index contributed by atoms with van der Waals surface area (Å²) in [6.07, 6.45) is 2.76. The van der Waals surface area contributed by atoms with Crippen LogP contribution in [-0.4, -0.2) is 16.1 Å². The average molecular weight is 292 g/mol. The molecule has 100 valence electrons. The fourth-order valence-corrected chi connectivity index (χ4v) is 3.31. The van der Waals surface area contributed by atoms with E-state index in [0.29, 0.717) is 0 Å². The number of amides is 1. The third-order valence-electron chi connectivity index (χ3n) is 2.69. The Balaban J connectivity index is 1.92. The number of rotatable bonds is 5. The molecule has 0 aliphatic heterocycles. The lowest BCUT2D eigenvalue weighted by Crippen LogP contribution is -2.22. The van der Waals surface area contributed by atoms with E-state index >= 15 is 0 Å². The lowest BCUT2D eigenvalue weighted by Gasteiger charge is -2.10. The van der Waals surface area contributed by atoms with Crippen LogP contribution in [0, 0.1) is 0 Å². The van der Waals surface area contributed by atoms with E-state index in [9.17, 15) is 4.79 Å². The molecule has 1 aromatic carbocycles. The lowest BCUT2D eigenvalue weighted by atomic mass is 10.1. The maximum absolute atomic E-state index is 12.0. The predicted molar refractivity (Wildman–Crippen MR) is 81.9 cm³/mol. The molecule has 0 spiro atoms. The van der Waals surface area contributed by atoms with Crippen LogP contribution in [0.3, 0.4) is 0 Å². The molecule has 0 aliphatic carbocycles. The highest BCUT2D eigenvalue weighted by atomic mass is 32.2. The van der Waals surface area contributed by atoms with Crippen molar-refractivity contribution in [2.75, 3.05) is 5.32 Å². The van der Waals surface area contributed by atoms with E-state index in [4.69, 9.17) is 0 Å². The number of nitrogens with zero attached hydrogens (tertiary/aromatic N) is 1. The summed E-state index contributed by atoms with van der Waals surface area (Å²) in [6, 6.07) is 7.96. The Morgan fingerprint density at radius 3 is 2.74 bits per heavy atom. The van der Waals surface area contributed by atoms with Crippen molar-refractivity contribution in [1.82, 2.24) is 4.98 Å². The molecule has 1 N–H and O–H groups in total. The van der Waals surface area contributed by atoms with Gasteiger partial charge in [0.25, 0.3) is 0 Å². The number of aryl methyl sites for hydroxylation is 1. The molecule has 0 bridgehead atoms. The quantitative estimate of drug-likeness (QED) is 0.852. The monoisotopic (exact) mass is 292 g/mol. The van der Waals surface area contributed by atoms with Gasteiger partial charge in [0.1, 0.15) is 0 Å². The number of hydrogen-bond donors (Lipinski definition) is 1. The summed E-state index contributed by atoms with van der Waals surface area (Å²) >= 11 is 3.03. The molecule has 1 aromatic heterocycles. The lowest BCUT2D eigenvalue weighted by molar-refractivity contribution is -0.115. The van der Waals surface area contributed by atoms with E-state index in [2.05, 4.69) is 17.2 Å². The Bertz CT molecular complexity index is 523. The van der Waals surface area contributed by atoms with Gasteiger partial charge in [0, 0.05) is 17.3 Å². The molecule has 19 heavy (non-hydrogen) atoms. The van der Waals surface area contributed by atoms with Gasteiger partial charge in [0.2, 0.25) is 5.91 Å². The molecule has 1 amide bonds. The van der Waals surface area contributed by atoms with Crippen LogP contribution in [0.15, 0.2) is 40.2 Å². The van der Waals surface area contributed by atoms with Gasteiger partial charge < -0.3 is 5.32 Å². The van der Waals surface area contributed by atoms with Crippen molar-refractivity contribution in [3.63, 3.8) is 0 Å². The third kappa shape index (κ3) is 4.08. The number of anilines is 1. The van der Waals surface area contributed by atoms with Crippen molar-refractivity contribution in [1.29, 1.82) is 0 Å². The van der Waals surface area contributed by atoms with Crippen LogP contribution < -0.4 is 5.32 Å². The highest BCUT2D eigenvalue weighted by Crippen LogP contribution is 2.25. The third-order valence-corrected chi connectivity index (χ3v) is 4.70. The van der Waals surface area contributed by atoms with Gasteiger partial charge in [0.15, 0.2) is 4.34 Å². The number of thioether (sulfide) groups is 1. The Hall–Kier alpha value is -1.33. The fraction of sp³-hybridized carbons (Fsp3) is 0.286. The van der Waals surface area contributed by atoms with Crippen molar-refractivity contribution in [2.24, 2.45) is 0 Å². The van der Waals surface area contributed by atoms with Crippen molar-refractivity contribution >= 4 is 34.7 Å². The van der Waals surface area contributed by atoms with Crippen molar-refractivity contribution < 1.29 is 4.79 Å². The van der Waals surface area contributed by atoms with Crippen molar-refractivity contribution in [3.8, 4) is 0 Å². The average Bonchev–Trinajstić information content (AvgIpc) is 2.92. The summed E-state index contributed by atoms with van der Waals surface area (Å²) in [6.45, 7) is 4.00. The van der Waals surface area contributed by atoms with E-state index in [1.54, 1.807) is 17.5 Å². The predicted octanol–water partition coefficient (Wildman–Crippen LogP) is 3.82. The summed E-state index contributed by atoms with van der Waals surface area (Å²) in [5.41, 5.74) is 2.11. The Morgan fingerprint density at radius 1 is 1.42 bits per heavy atom. The molecule has 0 saturated carbocycles. The molecular formula is C14H16N2OS2. The number of thiazole rings is 1. The smallest absolute Gasteiger partial charge is 0.237 e. The largest absolute Gasteiger partial charge is 0.325 e. The SMILES string of the molecule is CCc1ccc(NC(=O)C(C)Sc2nccs2)cc1. The molecule has 3 nitrogen and oxygen atoms in total. The summed E-state index contributed by atoms with van der Waals surface area (Å²) in [4.78, 5) is 16.2. The highest BCUT2D eigenvalue weighted by molar-refractivity contribution is 8.02. The van der Waals surface area contributed by atoms with Crippen LogP contribution in [-0.2, 0) is 11.2 Å². The number of nitrogens with one attached hydrogen (secondary N) is 1. The molecule has 2 aromatic rings. The van der Waals surface area contributed by atoms with Gasteiger partial charge in [-0.05, 0) is 31.0 Å². The Labute approximate surface area is 121 Å². The minimum Gasteiger partial charge on any atom is -0.325 e. The van der Waals surface area contributed by atoms with Crippen LogP contribution in [0.4, 0.5) is 5.69 Å². The molecule has 0 fully saturated rings. The zero-order valence-corrected chi connectivity index (χ0v) is 12.6. The maximum atomic E-state index is 12.0. The van der Waals surface area contributed by atoms with E-state index in [1.807, 2.05) is 36.6 Å². The highest BCUT2D eigenvalue weighted by Gasteiger charge is 2.15. The molecule has 5 heteroatoms. The van der Waals surface area contributed by atoms with Gasteiger partial charge in [-0.3, -0.25) is 4.79 Å². The summed E-state index contributed by atoms with van der Waals surface area (Å²) in [7, 11) is 0. The van der Waals surface area contributed by atoms with Crippen LogP contribution in [0.1, 0.15) is 19.4 Å². The maximum Gasteiger partial charge on any atom is 0.237 e. The topological polar surface area (TPSA) is 42.0 Å². The van der Waals surface area contributed by atoms with Gasteiger partial charge in [-0.1, -0.05) is 30.8 Å². The standard InChI is InChI=1S/C14H16N2OS2/c1-3-11-4-6-12(7-5-11)16-13(17)10(2)19-14-15-8-9-18-14/h4-10H,3H2,1-2H3,(H,16,17).